The average molecular weight is 356 g/mol. The van der Waals surface area contributed by atoms with Crippen LogP contribution in [-0.4, -0.2) is 17.4 Å². The monoisotopic (exact) mass is 356 g/mol. The van der Waals surface area contributed by atoms with Gasteiger partial charge in [-0.2, -0.15) is 3.97 Å². The Hall–Kier alpha value is -2.50. The summed E-state index contributed by atoms with van der Waals surface area (Å²) in [5.41, 5.74) is -2.97. The number of H-pyrrole nitrogens is 1. The van der Waals surface area contributed by atoms with E-state index in [0.717, 1.165) is 6.92 Å². The maximum atomic E-state index is 13.6. The van der Waals surface area contributed by atoms with Crippen molar-refractivity contribution >= 4 is 10.0 Å². The molecule has 0 aliphatic carbocycles. The molecule has 1 aromatic carbocycles. The van der Waals surface area contributed by atoms with E-state index in [9.17, 15) is 40.0 Å². The molecular formula is C11H5F5N2O4S. The summed E-state index contributed by atoms with van der Waals surface area (Å²) in [6, 6.07) is 0. The van der Waals surface area contributed by atoms with Crippen LogP contribution in [0.25, 0.3) is 0 Å². The zero-order valence-corrected chi connectivity index (χ0v) is 11.8. The molecule has 0 aliphatic heterocycles. The molecule has 0 saturated heterocycles. The fourth-order valence-corrected chi connectivity index (χ4v) is 3.02. The van der Waals surface area contributed by atoms with E-state index in [-0.39, 0.29) is 9.54 Å². The number of aromatic amines is 1. The van der Waals surface area contributed by atoms with Crippen LogP contribution >= 0.6 is 0 Å². The number of benzene rings is 1. The molecule has 2 aromatic rings. The van der Waals surface area contributed by atoms with Gasteiger partial charge in [-0.1, -0.05) is 0 Å². The van der Waals surface area contributed by atoms with E-state index in [2.05, 4.69) is 0 Å². The summed E-state index contributed by atoms with van der Waals surface area (Å²) in [6.45, 7) is 1.06. The van der Waals surface area contributed by atoms with E-state index in [0.29, 0.717) is 6.20 Å². The van der Waals surface area contributed by atoms with Gasteiger partial charge in [0, 0.05) is 11.8 Å². The van der Waals surface area contributed by atoms with Crippen LogP contribution < -0.4 is 11.2 Å². The number of hydrogen-bond acceptors (Lipinski definition) is 4. The van der Waals surface area contributed by atoms with Crippen molar-refractivity contribution in [2.45, 2.75) is 11.8 Å². The highest BCUT2D eigenvalue weighted by molar-refractivity contribution is 7.90. The molecule has 1 heterocycles. The molecule has 0 saturated carbocycles. The molecule has 0 radical (unpaired) electrons. The first kappa shape index (κ1) is 16.9. The number of nitrogens with one attached hydrogen (secondary N) is 1. The van der Waals surface area contributed by atoms with E-state index in [1.165, 1.54) is 4.98 Å². The van der Waals surface area contributed by atoms with Crippen molar-refractivity contribution in [3.05, 3.63) is 61.7 Å². The summed E-state index contributed by atoms with van der Waals surface area (Å²) in [6.07, 6.45) is 0.397. The summed E-state index contributed by atoms with van der Waals surface area (Å²) in [4.78, 5) is 22.0. The van der Waals surface area contributed by atoms with Crippen LogP contribution in [0.5, 0.6) is 0 Å². The van der Waals surface area contributed by atoms with Crippen LogP contribution in [0.1, 0.15) is 5.56 Å². The standard InChI is InChI=1S/C11H5F5N2O4S/c1-3-2-18(11(20)17-10(3)19)23(21,22)9-7(15)5(13)4(12)6(14)8(9)16/h2H,1H3,(H,17,19,20). The molecule has 1 N–H and O–H groups in total. The Morgan fingerprint density at radius 3 is 1.83 bits per heavy atom. The van der Waals surface area contributed by atoms with Gasteiger partial charge in [-0.25, -0.2) is 35.2 Å². The molecule has 12 heteroatoms. The van der Waals surface area contributed by atoms with Crippen LogP contribution in [0, 0.1) is 36.0 Å². The van der Waals surface area contributed by atoms with Crippen molar-refractivity contribution in [1.82, 2.24) is 8.96 Å². The minimum Gasteiger partial charge on any atom is -0.273 e. The Labute approximate surface area is 123 Å². The summed E-state index contributed by atoms with van der Waals surface area (Å²) in [5, 5.41) is 0. The molecule has 0 unspecified atom stereocenters. The SMILES string of the molecule is Cc1cn(S(=O)(=O)c2c(F)c(F)c(F)c(F)c2F)c(=O)[nH]c1=O. The summed E-state index contributed by atoms with van der Waals surface area (Å²) in [7, 11) is -5.49. The van der Waals surface area contributed by atoms with Gasteiger partial charge in [-0.05, 0) is 6.92 Å². The van der Waals surface area contributed by atoms with Crippen molar-refractivity contribution in [1.29, 1.82) is 0 Å². The second-order valence-corrected chi connectivity index (χ2v) is 6.02. The third-order valence-electron chi connectivity index (χ3n) is 2.78. The molecule has 23 heavy (non-hydrogen) atoms. The highest BCUT2D eigenvalue weighted by Gasteiger charge is 2.35. The number of halogens is 5. The van der Waals surface area contributed by atoms with Crippen LogP contribution in [-0.2, 0) is 10.0 Å². The van der Waals surface area contributed by atoms with Crippen LogP contribution in [0.3, 0.4) is 0 Å². The van der Waals surface area contributed by atoms with Gasteiger partial charge in [-0.3, -0.25) is 9.78 Å². The predicted octanol–water partition coefficient (Wildman–Crippen LogP) is 0.778. The Balaban J connectivity index is 2.95. The Bertz CT molecular complexity index is 1010. The van der Waals surface area contributed by atoms with Gasteiger partial charge >= 0.3 is 5.69 Å². The first-order valence-electron chi connectivity index (χ1n) is 5.59. The van der Waals surface area contributed by atoms with Crippen LogP contribution in [0.4, 0.5) is 22.0 Å². The van der Waals surface area contributed by atoms with Crippen LogP contribution in [0.15, 0.2) is 20.7 Å². The van der Waals surface area contributed by atoms with Crippen molar-refractivity contribution in [2.24, 2.45) is 0 Å². The van der Waals surface area contributed by atoms with Crippen molar-refractivity contribution in [2.75, 3.05) is 0 Å². The lowest BCUT2D eigenvalue weighted by atomic mass is 10.3. The van der Waals surface area contributed by atoms with Gasteiger partial charge in [0.2, 0.25) is 5.82 Å². The van der Waals surface area contributed by atoms with Gasteiger partial charge in [0.15, 0.2) is 28.2 Å². The van der Waals surface area contributed by atoms with Crippen molar-refractivity contribution in [3.63, 3.8) is 0 Å². The summed E-state index contributed by atoms with van der Waals surface area (Å²) >= 11 is 0. The Morgan fingerprint density at radius 2 is 1.35 bits per heavy atom. The quantitative estimate of drug-likeness (QED) is 0.489. The van der Waals surface area contributed by atoms with Crippen LogP contribution in [0.2, 0.25) is 0 Å². The first-order chi connectivity index (χ1) is 10.5. The second-order valence-electron chi connectivity index (χ2n) is 4.27. The summed E-state index contributed by atoms with van der Waals surface area (Å²) < 4.78 is 90.2. The third-order valence-corrected chi connectivity index (χ3v) is 4.44. The van der Waals surface area contributed by atoms with E-state index in [4.69, 9.17) is 0 Å². The molecule has 124 valence electrons. The molecule has 0 bridgehead atoms. The number of aromatic nitrogens is 2. The Kier molecular flexibility index (Phi) is 3.88. The third kappa shape index (κ3) is 2.44. The minimum atomic E-state index is -5.49. The smallest absolute Gasteiger partial charge is 0.273 e. The number of aryl methyl sites for hydroxylation is 1. The molecule has 2 rings (SSSR count). The number of nitrogens with zero attached hydrogens (tertiary/aromatic N) is 1. The molecule has 0 aliphatic rings. The molecule has 1 aromatic heterocycles. The van der Waals surface area contributed by atoms with Gasteiger partial charge in [0.05, 0.1) is 0 Å². The fraction of sp³-hybridized carbons (Fsp3) is 0.0909. The van der Waals surface area contributed by atoms with Gasteiger partial charge in [-0.15, -0.1) is 0 Å². The minimum absolute atomic E-state index is 0.331. The van der Waals surface area contributed by atoms with Crippen molar-refractivity contribution < 1.29 is 30.4 Å². The maximum absolute atomic E-state index is 13.6. The van der Waals surface area contributed by atoms with Gasteiger partial charge in [0.1, 0.15) is 0 Å². The molecule has 0 fully saturated rings. The molecule has 6 nitrogen and oxygen atoms in total. The first-order valence-corrected chi connectivity index (χ1v) is 7.03. The second kappa shape index (κ2) is 5.30. The Morgan fingerprint density at radius 1 is 0.913 bits per heavy atom. The molecular weight excluding hydrogens is 351 g/mol. The predicted molar refractivity (Wildman–Crippen MR) is 64.9 cm³/mol. The average Bonchev–Trinajstić information content (AvgIpc) is 2.46. The zero-order chi connectivity index (χ0) is 17.7. The van der Waals surface area contributed by atoms with Gasteiger partial charge < -0.3 is 0 Å². The van der Waals surface area contributed by atoms with E-state index in [1.54, 1.807) is 0 Å². The normalized spacial score (nSPS) is 11.7. The van der Waals surface area contributed by atoms with Gasteiger partial charge in [0.25, 0.3) is 15.6 Å². The lowest BCUT2D eigenvalue weighted by Crippen LogP contribution is -2.35. The van der Waals surface area contributed by atoms with E-state index >= 15 is 0 Å². The van der Waals surface area contributed by atoms with E-state index in [1.807, 2.05) is 0 Å². The zero-order valence-electron chi connectivity index (χ0n) is 11.0. The number of rotatable bonds is 2. The summed E-state index contributed by atoms with van der Waals surface area (Å²) in [5.74, 6) is -12.8. The molecule has 0 atom stereocenters. The topological polar surface area (TPSA) is 89.0 Å². The maximum Gasteiger partial charge on any atom is 0.342 e. The lowest BCUT2D eigenvalue weighted by Gasteiger charge is -2.11. The van der Waals surface area contributed by atoms with E-state index < -0.39 is 55.3 Å². The molecule has 0 spiro atoms. The highest BCUT2D eigenvalue weighted by atomic mass is 32.2. The number of hydrogen-bond donors (Lipinski definition) is 1. The molecule has 0 amide bonds. The lowest BCUT2D eigenvalue weighted by molar-refractivity contribution is 0.357. The highest BCUT2D eigenvalue weighted by Crippen LogP contribution is 2.27. The largest absolute Gasteiger partial charge is 0.342 e. The fourth-order valence-electron chi connectivity index (χ4n) is 1.63. The van der Waals surface area contributed by atoms with Crippen molar-refractivity contribution in [3.8, 4) is 0 Å².